The first kappa shape index (κ1) is 20.1. The summed E-state index contributed by atoms with van der Waals surface area (Å²) in [6.45, 7) is 7.68. The first-order valence-electron chi connectivity index (χ1n) is 8.28. The van der Waals surface area contributed by atoms with E-state index in [0.29, 0.717) is 12.1 Å². The second-order valence-corrected chi connectivity index (χ2v) is 5.99. The molecule has 0 aliphatic heterocycles. The number of hydrogen-bond donors (Lipinski definition) is 1. The van der Waals surface area contributed by atoms with Crippen LogP contribution in [0.5, 0.6) is 0 Å². The average Bonchev–Trinajstić information content (AvgIpc) is 2.90. The predicted molar refractivity (Wildman–Crippen MR) is 96.1 cm³/mol. The number of nitro benzene ring substituents is 1. The van der Waals surface area contributed by atoms with Crippen molar-refractivity contribution in [2.75, 3.05) is 5.32 Å². The van der Waals surface area contributed by atoms with Crippen LogP contribution in [0.4, 0.5) is 15.8 Å². The molecule has 0 aliphatic carbocycles. The Hall–Kier alpha value is -3.23. The van der Waals surface area contributed by atoms with Crippen molar-refractivity contribution in [3.05, 3.63) is 57.1 Å². The van der Waals surface area contributed by atoms with Gasteiger partial charge in [0.25, 0.3) is 5.91 Å². The molecule has 1 N–H and O–H groups in total. The molecule has 0 radical (unpaired) electrons. The largest absolute Gasteiger partial charge is 0.449 e. The molecule has 0 aliphatic rings. The molecule has 144 valence electrons. The molecule has 1 aromatic heterocycles. The molecule has 0 spiro atoms. The molecule has 0 bridgehead atoms. The lowest BCUT2D eigenvalue weighted by Gasteiger charge is -2.14. The number of nitro groups is 1. The third kappa shape index (κ3) is 4.30. The van der Waals surface area contributed by atoms with Gasteiger partial charge in [0.2, 0.25) is 5.82 Å². The summed E-state index contributed by atoms with van der Waals surface area (Å²) in [7, 11) is 0. The maximum Gasteiger partial charge on any atom is 0.340 e. The number of halogens is 1. The van der Waals surface area contributed by atoms with Crippen LogP contribution >= 0.6 is 0 Å². The van der Waals surface area contributed by atoms with Gasteiger partial charge >= 0.3 is 11.7 Å². The standard InChI is InChI=1S/C18H20FN3O5/c1-5-21-10(2)8-14(11(21)3)18(24)27-12(4)17(23)20-13-6-7-15(19)16(9-13)22(25)26/h6-9,12H,5H2,1-4H3,(H,20,23)/t12-/m1/s1. The number of carbonyl (C=O) groups excluding carboxylic acids is 2. The Balaban J connectivity index is 2.09. The SMILES string of the molecule is CCn1c(C)cc(C(=O)O[C@H](C)C(=O)Nc2ccc(F)c([N+](=O)[O-])c2)c1C. The fraction of sp³-hybridized carbons (Fsp3) is 0.333. The van der Waals surface area contributed by atoms with Crippen LogP contribution in [0.25, 0.3) is 0 Å². The van der Waals surface area contributed by atoms with Crippen molar-refractivity contribution in [1.29, 1.82) is 0 Å². The monoisotopic (exact) mass is 377 g/mol. The average molecular weight is 377 g/mol. The van der Waals surface area contributed by atoms with Crippen molar-refractivity contribution in [3.63, 3.8) is 0 Å². The summed E-state index contributed by atoms with van der Waals surface area (Å²) >= 11 is 0. The topological polar surface area (TPSA) is 103 Å². The zero-order chi connectivity index (χ0) is 20.3. The zero-order valence-electron chi connectivity index (χ0n) is 15.4. The Kier molecular flexibility index (Phi) is 5.94. The minimum absolute atomic E-state index is 0.0279. The van der Waals surface area contributed by atoms with Crippen molar-refractivity contribution in [3.8, 4) is 0 Å². The number of benzene rings is 1. The maximum absolute atomic E-state index is 13.4. The first-order chi connectivity index (χ1) is 12.6. The smallest absolute Gasteiger partial charge is 0.340 e. The zero-order valence-corrected chi connectivity index (χ0v) is 15.4. The number of esters is 1. The van der Waals surface area contributed by atoms with Crippen molar-refractivity contribution < 1.29 is 23.6 Å². The summed E-state index contributed by atoms with van der Waals surface area (Å²) in [5.74, 6) is -2.34. The quantitative estimate of drug-likeness (QED) is 0.472. The summed E-state index contributed by atoms with van der Waals surface area (Å²) in [5.41, 5.74) is 1.27. The van der Waals surface area contributed by atoms with Crippen LogP contribution < -0.4 is 5.32 Å². The van der Waals surface area contributed by atoms with Crippen molar-refractivity contribution in [2.24, 2.45) is 0 Å². The fourth-order valence-electron chi connectivity index (χ4n) is 2.75. The lowest BCUT2D eigenvalue weighted by atomic mass is 10.2. The van der Waals surface area contributed by atoms with Crippen LogP contribution in [0, 0.1) is 29.8 Å². The molecular weight excluding hydrogens is 357 g/mol. The fourth-order valence-corrected chi connectivity index (χ4v) is 2.75. The first-order valence-corrected chi connectivity index (χ1v) is 8.28. The number of hydrogen-bond acceptors (Lipinski definition) is 5. The molecule has 8 nitrogen and oxygen atoms in total. The molecule has 9 heteroatoms. The van der Waals surface area contributed by atoms with Gasteiger partial charge in [-0.15, -0.1) is 0 Å². The Morgan fingerprint density at radius 1 is 1.33 bits per heavy atom. The van der Waals surface area contributed by atoms with Gasteiger partial charge in [-0.3, -0.25) is 14.9 Å². The van der Waals surface area contributed by atoms with E-state index in [0.717, 1.165) is 23.5 Å². The molecule has 0 saturated carbocycles. The normalized spacial score (nSPS) is 11.7. The second-order valence-electron chi connectivity index (χ2n) is 5.99. The minimum Gasteiger partial charge on any atom is -0.449 e. The van der Waals surface area contributed by atoms with Crippen LogP contribution in [0.3, 0.4) is 0 Å². The highest BCUT2D eigenvalue weighted by molar-refractivity contribution is 5.98. The number of amides is 1. The Bertz CT molecular complexity index is 907. The molecule has 0 saturated heterocycles. The number of ether oxygens (including phenoxy) is 1. The highest BCUT2D eigenvalue weighted by atomic mass is 19.1. The van der Waals surface area contributed by atoms with Gasteiger partial charge in [0, 0.05) is 29.7 Å². The van der Waals surface area contributed by atoms with Gasteiger partial charge in [0.1, 0.15) is 0 Å². The number of aromatic nitrogens is 1. The van der Waals surface area contributed by atoms with Gasteiger partial charge in [0.15, 0.2) is 6.10 Å². The Labute approximate surface area is 155 Å². The van der Waals surface area contributed by atoms with Gasteiger partial charge in [-0.2, -0.15) is 4.39 Å². The third-order valence-electron chi connectivity index (χ3n) is 4.17. The van der Waals surface area contributed by atoms with Gasteiger partial charge < -0.3 is 14.6 Å². The van der Waals surface area contributed by atoms with E-state index in [4.69, 9.17) is 4.74 Å². The van der Waals surface area contributed by atoms with Crippen molar-refractivity contribution in [2.45, 2.75) is 40.3 Å². The van der Waals surface area contributed by atoms with Gasteiger partial charge in [-0.05, 0) is 45.9 Å². The highest BCUT2D eigenvalue weighted by Gasteiger charge is 2.23. The summed E-state index contributed by atoms with van der Waals surface area (Å²) in [6.07, 6.45) is -1.15. The molecule has 1 aromatic carbocycles. The molecule has 1 amide bonds. The molecule has 2 rings (SSSR count). The Morgan fingerprint density at radius 3 is 2.56 bits per heavy atom. The van der Waals surface area contributed by atoms with E-state index in [9.17, 15) is 24.1 Å². The number of aryl methyl sites for hydroxylation is 1. The summed E-state index contributed by atoms with van der Waals surface area (Å²) in [5, 5.41) is 13.1. The number of rotatable bonds is 6. The lowest BCUT2D eigenvalue weighted by molar-refractivity contribution is -0.387. The molecule has 27 heavy (non-hydrogen) atoms. The minimum atomic E-state index is -1.15. The van der Waals surface area contributed by atoms with E-state index < -0.39 is 34.4 Å². The highest BCUT2D eigenvalue weighted by Crippen LogP contribution is 2.22. The Morgan fingerprint density at radius 2 is 2.00 bits per heavy atom. The van der Waals surface area contributed by atoms with E-state index >= 15 is 0 Å². The number of carbonyl (C=O) groups is 2. The van der Waals surface area contributed by atoms with Gasteiger partial charge in [-0.1, -0.05) is 0 Å². The van der Waals surface area contributed by atoms with E-state index in [2.05, 4.69) is 5.32 Å². The predicted octanol–water partition coefficient (Wildman–Crippen LogP) is 3.36. The van der Waals surface area contributed by atoms with Crippen LogP contribution in [-0.4, -0.2) is 27.5 Å². The molecule has 0 fully saturated rings. The van der Waals surface area contributed by atoms with Crippen LogP contribution in [0.15, 0.2) is 24.3 Å². The van der Waals surface area contributed by atoms with Crippen LogP contribution in [0.2, 0.25) is 0 Å². The third-order valence-corrected chi connectivity index (χ3v) is 4.17. The maximum atomic E-state index is 13.4. The van der Waals surface area contributed by atoms with Crippen molar-refractivity contribution in [1.82, 2.24) is 4.57 Å². The molecular formula is C18H20FN3O5. The van der Waals surface area contributed by atoms with E-state index in [1.807, 2.05) is 18.4 Å². The summed E-state index contributed by atoms with van der Waals surface area (Å²) in [6, 6.07) is 4.65. The van der Waals surface area contributed by atoms with Crippen LogP contribution in [0.1, 0.15) is 35.6 Å². The second kappa shape index (κ2) is 7.98. The molecule has 1 heterocycles. The number of anilines is 1. The summed E-state index contributed by atoms with van der Waals surface area (Å²) in [4.78, 5) is 34.4. The van der Waals surface area contributed by atoms with Crippen LogP contribution in [-0.2, 0) is 16.1 Å². The van der Waals surface area contributed by atoms with E-state index in [1.165, 1.54) is 13.0 Å². The number of nitrogens with zero attached hydrogens (tertiary/aromatic N) is 2. The molecule has 0 unspecified atom stereocenters. The van der Waals surface area contributed by atoms with E-state index in [-0.39, 0.29) is 5.69 Å². The van der Waals surface area contributed by atoms with Crippen molar-refractivity contribution >= 4 is 23.3 Å². The summed E-state index contributed by atoms with van der Waals surface area (Å²) < 4.78 is 20.5. The molecule has 1 atom stereocenters. The lowest BCUT2D eigenvalue weighted by Crippen LogP contribution is -2.30. The van der Waals surface area contributed by atoms with E-state index in [1.54, 1.807) is 13.0 Å². The van der Waals surface area contributed by atoms with Gasteiger partial charge in [0.05, 0.1) is 10.5 Å². The number of nitrogens with one attached hydrogen (secondary N) is 1. The molecule has 2 aromatic rings. The van der Waals surface area contributed by atoms with Gasteiger partial charge in [-0.25, -0.2) is 4.79 Å².